The molecule has 39 heavy (non-hydrogen) atoms. The third-order valence-electron chi connectivity index (χ3n) is 7.09. The zero-order valence-corrected chi connectivity index (χ0v) is 21.4. The van der Waals surface area contributed by atoms with E-state index in [-0.39, 0.29) is 18.3 Å². The van der Waals surface area contributed by atoms with Crippen molar-refractivity contribution in [2.75, 3.05) is 12.0 Å². The molecule has 0 radical (unpaired) electrons. The Kier molecular flexibility index (Phi) is 6.12. The Labute approximate surface area is 222 Å². The number of anilines is 1. The molecular formula is C27H26F3N7O2. The van der Waals surface area contributed by atoms with E-state index in [0.717, 1.165) is 35.9 Å². The summed E-state index contributed by atoms with van der Waals surface area (Å²) in [5.41, 5.74) is 2.80. The minimum atomic E-state index is -4.51. The van der Waals surface area contributed by atoms with Gasteiger partial charge in [-0.05, 0) is 25.3 Å². The van der Waals surface area contributed by atoms with Crippen LogP contribution in [0.1, 0.15) is 49.1 Å². The number of rotatable bonds is 7. The van der Waals surface area contributed by atoms with E-state index in [1.165, 1.54) is 10.9 Å². The Morgan fingerprint density at radius 2 is 1.90 bits per heavy atom. The van der Waals surface area contributed by atoms with Gasteiger partial charge in [-0.3, -0.25) is 9.69 Å². The molecule has 1 amide bonds. The molecule has 0 unspecified atom stereocenters. The molecule has 9 nitrogen and oxygen atoms in total. The molecule has 1 aromatic carbocycles. The van der Waals surface area contributed by atoms with E-state index in [1.54, 1.807) is 43.2 Å². The highest BCUT2D eigenvalue weighted by Crippen LogP contribution is 2.46. The number of aryl methyl sites for hydroxylation is 2. The highest BCUT2D eigenvalue weighted by atomic mass is 19.4. The summed E-state index contributed by atoms with van der Waals surface area (Å²) < 4.78 is 48.4. The Bertz CT molecular complexity index is 1540. The smallest absolute Gasteiger partial charge is 0.434 e. The Balaban J connectivity index is 1.29. The second kappa shape index (κ2) is 9.51. The maximum atomic E-state index is 13.2. The van der Waals surface area contributed by atoms with E-state index in [0.29, 0.717) is 48.4 Å². The van der Waals surface area contributed by atoms with Crippen LogP contribution in [0.5, 0.6) is 5.88 Å². The van der Waals surface area contributed by atoms with Crippen molar-refractivity contribution in [3.63, 3.8) is 0 Å². The molecule has 0 spiro atoms. The van der Waals surface area contributed by atoms with E-state index >= 15 is 0 Å². The molecular weight excluding hydrogens is 511 g/mol. The number of fused-ring (bicyclic) bond motifs is 1. The van der Waals surface area contributed by atoms with Crippen LogP contribution in [0.4, 0.5) is 19.0 Å². The Morgan fingerprint density at radius 3 is 2.56 bits per heavy atom. The van der Waals surface area contributed by atoms with Crippen molar-refractivity contribution in [2.24, 2.45) is 0 Å². The number of alkyl halides is 3. The van der Waals surface area contributed by atoms with Gasteiger partial charge >= 0.3 is 6.18 Å². The normalized spacial score (nSPS) is 15.5. The predicted octanol–water partition coefficient (Wildman–Crippen LogP) is 5.07. The fourth-order valence-electron chi connectivity index (χ4n) is 4.95. The van der Waals surface area contributed by atoms with Crippen molar-refractivity contribution >= 4 is 11.7 Å². The molecule has 1 aliphatic carbocycles. The molecule has 1 aliphatic heterocycles. The SMILES string of the molecule is CCn1cc(C(F)(F)F)nc1-c1ccc(CN2C(=O)CCn3nc(-c4c(OC)ncnc4C4CC4)cc32)cc1. The summed E-state index contributed by atoms with van der Waals surface area (Å²) in [4.78, 5) is 27.3. The summed E-state index contributed by atoms with van der Waals surface area (Å²) >= 11 is 0. The van der Waals surface area contributed by atoms with Crippen LogP contribution in [-0.2, 0) is 30.6 Å². The van der Waals surface area contributed by atoms with Gasteiger partial charge in [0.05, 0.1) is 31.5 Å². The number of carbonyl (C=O) groups excluding carboxylic acids is 1. The number of carbonyl (C=O) groups is 1. The lowest BCUT2D eigenvalue weighted by Crippen LogP contribution is -2.36. The van der Waals surface area contributed by atoms with Gasteiger partial charge < -0.3 is 9.30 Å². The highest BCUT2D eigenvalue weighted by molar-refractivity contribution is 5.94. The van der Waals surface area contributed by atoms with Gasteiger partial charge in [-0.15, -0.1) is 0 Å². The first kappa shape index (κ1) is 25.1. The molecule has 4 heterocycles. The van der Waals surface area contributed by atoms with Crippen LogP contribution in [0.25, 0.3) is 22.6 Å². The van der Waals surface area contributed by atoms with Gasteiger partial charge in [0.2, 0.25) is 11.8 Å². The average Bonchev–Trinajstić information content (AvgIpc) is 3.53. The number of amides is 1. The highest BCUT2D eigenvalue weighted by Gasteiger charge is 2.35. The molecule has 0 atom stereocenters. The number of aromatic nitrogens is 6. The van der Waals surface area contributed by atoms with Crippen molar-refractivity contribution in [3.8, 4) is 28.5 Å². The first-order chi connectivity index (χ1) is 18.8. The van der Waals surface area contributed by atoms with Gasteiger partial charge in [0, 0.05) is 36.7 Å². The van der Waals surface area contributed by atoms with Crippen molar-refractivity contribution in [3.05, 3.63) is 59.8 Å². The van der Waals surface area contributed by atoms with Crippen LogP contribution < -0.4 is 9.64 Å². The average molecular weight is 538 g/mol. The summed E-state index contributed by atoms with van der Waals surface area (Å²) in [7, 11) is 1.56. The zero-order chi connectivity index (χ0) is 27.3. The largest absolute Gasteiger partial charge is 0.480 e. The molecule has 1 saturated carbocycles. The van der Waals surface area contributed by atoms with Gasteiger partial charge in [-0.1, -0.05) is 24.3 Å². The van der Waals surface area contributed by atoms with E-state index in [2.05, 4.69) is 15.0 Å². The van der Waals surface area contributed by atoms with Crippen LogP contribution >= 0.6 is 0 Å². The van der Waals surface area contributed by atoms with Crippen molar-refractivity contribution in [1.82, 2.24) is 29.3 Å². The van der Waals surface area contributed by atoms with E-state index in [1.807, 2.05) is 10.7 Å². The van der Waals surface area contributed by atoms with E-state index in [4.69, 9.17) is 9.84 Å². The minimum Gasteiger partial charge on any atom is -0.480 e. The Morgan fingerprint density at radius 1 is 1.13 bits per heavy atom. The second-order valence-electron chi connectivity index (χ2n) is 9.69. The number of nitrogens with zero attached hydrogens (tertiary/aromatic N) is 7. The molecule has 4 aromatic rings. The van der Waals surface area contributed by atoms with Crippen LogP contribution in [0, 0.1) is 0 Å². The fourth-order valence-corrected chi connectivity index (χ4v) is 4.95. The summed E-state index contributed by atoms with van der Waals surface area (Å²) in [5.74, 6) is 1.68. The quantitative estimate of drug-likeness (QED) is 0.327. The third-order valence-corrected chi connectivity index (χ3v) is 7.09. The van der Waals surface area contributed by atoms with Crippen LogP contribution in [-0.4, -0.2) is 42.3 Å². The number of halogens is 3. The first-order valence-corrected chi connectivity index (χ1v) is 12.8. The van der Waals surface area contributed by atoms with Crippen LogP contribution in [0.2, 0.25) is 0 Å². The lowest BCUT2D eigenvalue weighted by atomic mass is 10.1. The van der Waals surface area contributed by atoms with Gasteiger partial charge in [0.25, 0.3) is 0 Å². The van der Waals surface area contributed by atoms with Crippen molar-refractivity contribution in [2.45, 2.75) is 57.9 Å². The minimum absolute atomic E-state index is 0.0342. The molecule has 12 heteroatoms. The number of methoxy groups -OCH3 is 1. The van der Waals surface area contributed by atoms with Crippen molar-refractivity contribution < 1.29 is 22.7 Å². The number of hydrogen-bond donors (Lipinski definition) is 0. The third kappa shape index (κ3) is 4.64. The maximum Gasteiger partial charge on any atom is 0.434 e. The lowest BCUT2D eigenvalue weighted by Gasteiger charge is -2.27. The molecule has 3 aromatic heterocycles. The number of benzene rings is 1. The van der Waals surface area contributed by atoms with Crippen LogP contribution in [0.3, 0.4) is 0 Å². The molecule has 1 fully saturated rings. The van der Waals surface area contributed by atoms with Gasteiger partial charge in [-0.2, -0.15) is 18.3 Å². The monoisotopic (exact) mass is 537 g/mol. The molecule has 0 bridgehead atoms. The molecule has 0 saturated heterocycles. The standard InChI is InChI=1S/C27H26F3N7O2/c1-3-35-14-20(27(28,29)30)33-25(35)18-6-4-16(5-7-18)13-36-21-12-19(34-37(21)11-10-22(36)38)23-24(17-8-9-17)31-15-32-26(23)39-2/h4-7,12,14-15,17H,3,8-11,13H2,1-2H3. The molecule has 0 N–H and O–H groups in total. The zero-order valence-electron chi connectivity index (χ0n) is 21.4. The number of hydrogen-bond acceptors (Lipinski definition) is 6. The second-order valence-corrected chi connectivity index (χ2v) is 9.69. The molecule has 6 rings (SSSR count). The van der Waals surface area contributed by atoms with Gasteiger partial charge in [0.15, 0.2) is 5.69 Å². The molecule has 202 valence electrons. The summed E-state index contributed by atoms with van der Waals surface area (Å²) in [5, 5.41) is 4.78. The maximum absolute atomic E-state index is 13.2. The number of imidazole rings is 1. The van der Waals surface area contributed by atoms with Crippen molar-refractivity contribution in [1.29, 1.82) is 0 Å². The Hall–Kier alpha value is -4.22. The van der Waals surface area contributed by atoms with Gasteiger partial charge in [0.1, 0.15) is 23.7 Å². The van der Waals surface area contributed by atoms with E-state index < -0.39 is 11.9 Å². The number of ether oxygens (including phenoxy) is 1. The predicted molar refractivity (Wildman–Crippen MR) is 136 cm³/mol. The lowest BCUT2D eigenvalue weighted by molar-refractivity contribution is -0.140. The van der Waals surface area contributed by atoms with Crippen LogP contribution in [0.15, 0.2) is 42.9 Å². The summed E-state index contributed by atoms with van der Waals surface area (Å²) in [6.45, 7) is 2.87. The summed E-state index contributed by atoms with van der Waals surface area (Å²) in [6, 6.07) is 8.94. The first-order valence-electron chi connectivity index (χ1n) is 12.8. The molecule has 2 aliphatic rings. The summed E-state index contributed by atoms with van der Waals surface area (Å²) in [6.07, 6.45) is 0.423. The topological polar surface area (TPSA) is 91.0 Å². The van der Waals surface area contributed by atoms with Gasteiger partial charge in [-0.25, -0.2) is 19.6 Å². The van der Waals surface area contributed by atoms with E-state index in [9.17, 15) is 18.0 Å². The fraction of sp³-hybridized carbons (Fsp3) is 0.370.